The molecule has 1 aromatic heterocycles. The Kier molecular flexibility index (Phi) is 5.68. The van der Waals surface area contributed by atoms with Crippen LogP contribution in [0.15, 0.2) is 52.1 Å². The third-order valence-corrected chi connectivity index (χ3v) is 4.86. The zero-order valence-electron chi connectivity index (χ0n) is 15.1. The van der Waals surface area contributed by atoms with Crippen LogP contribution in [0.3, 0.4) is 0 Å². The summed E-state index contributed by atoms with van der Waals surface area (Å²) >= 11 is 1.51. The molecule has 0 bridgehead atoms. The first-order chi connectivity index (χ1) is 12.7. The summed E-state index contributed by atoms with van der Waals surface area (Å²) in [5, 5.41) is 9.00. The van der Waals surface area contributed by atoms with Gasteiger partial charge in [0, 0.05) is 10.8 Å². The van der Waals surface area contributed by atoms with Gasteiger partial charge in [-0.15, -0.1) is 10.2 Å². The summed E-state index contributed by atoms with van der Waals surface area (Å²) in [5.41, 5.74) is 1.90. The Morgan fingerprint density at radius 2 is 1.58 bits per heavy atom. The van der Waals surface area contributed by atoms with Gasteiger partial charge in [0.05, 0.1) is 21.3 Å². The molecule has 0 unspecified atom stereocenters. The van der Waals surface area contributed by atoms with Crippen molar-refractivity contribution in [2.75, 3.05) is 21.3 Å². The molecule has 7 heteroatoms. The predicted octanol–water partition coefficient (Wildman–Crippen LogP) is 4.62. The fourth-order valence-electron chi connectivity index (χ4n) is 2.52. The van der Waals surface area contributed by atoms with Crippen molar-refractivity contribution in [1.82, 2.24) is 10.2 Å². The van der Waals surface area contributed by atoms with Crippen LogP contribution in [-0.4, -0.2) is 31.5 Å². The molecule has 136 valence electrons. The van der Waals surface area contributed by atoms with Crippen molar-refractivity contribution in [3.05, 3.63) is 48.0 Å². The van der Waals surface area contributed by atoms with E-state index in [9.17, 15) is 0 Å². The summed E-state index contributed by atoms with van der Waals surface area (Å²) in [7, 11) is 4.70. The number of hydrogen-bond acceptors (Lipinski definition) is 7. The largest absolute Gasteiger partial charge is 0.493 e. The van der Waals surface area contributed by atoms with Gasteiger partial charge in [-0.2, -0.15) is 0 Å². The Balaban J connectivity index is 1.85. The number of thioether (sulfide) groups is 1. The molecule has 0 aliphatic rings. The van der Waals surface area contributed by atoms with E-state index in [-0.39, 0.29) is 5.25 Å². The highest BCUT2D eigenvalue weighted by atomic mass is 32.2. The highest BCUT2D eigenvalue weighted by molar-refractivity contribution is 7.99. The lowest BCUT2D eigenvalue weighted by molar-refractivity contribution is 0.324. The van der Waals surface area contributed by atoms with Crippen LogP contribution >= 0.6 is 11.8 Å². The van der Waals surface area contributed by atoms with E-state index in [0.717, 1.165) is 0 Å². The first-order valence-corrected chi connectivity index (χ1v) is 8.89. The topological polar surface area (TPSA) is 66.6 Å². The lowest BCUT2D eigenvalue weighted by Crippen LogP contribution is -1.95. The van der Waals surface area contributed by atoms with E-state index in [1.165, 1.54) is 17.3 Å². The highest BCUT2D eigenvalue weighted by Crippen LogP contribution is 2.42. The maximum atomic E-state index is 5.82. The standard InChI is InChI=1S/C19H20N2O4S/c1-12(13-8-6-5-7-9-13)26-19-21-20-18(25-19)14-10-15(22-2)17(24-4)16(11-14)23-3/h5-12H,1-4H3/t12-/m0/s1. The first kappa shape index (κ1) is 18.1. The summed E-state index contributed by atoms with van der Waals surface area (Å²) in [5.74, 6) is 1.98. The van der Waals surface area contributed by atoms with Gasteiger partial charge in [0.2, 0.25) is 11.6 Å². The molecule has 6 nitrogen and oxygen atoms in total. The van der Waals surface area contributed by atoms with Gasteiger partial charge < -0.3 is 18.6 Å². The normalized spacial score (nSPS) is 11.8. The van der Waals surface area contributed by atoms with E-state index in [1.807, 2.05) is 18.2 Å². The monoisotopic (exact) mass is 372 g/mol. The smallest absolute Gasteiger partial charge is 0.277 e. The van der Waals surface area contributed by atoms with Crippen LogP contribution in [0.1, 0.15) is 17.7 Å². The van der Waals surface area contributed by atoms with Gasteiger partial charge in [0.25, 0.3) is 5.22 Å². The second-order valence-electron chi connectivity index (χ2n) is 5.46. The summed E-state index contributed by atoms with van der Waals surface area (Å²) in [4.78, 5) is 0. The molecule has 0 saturated heterocycles. The lowest BCUT2D eigenvalue weighted by Gasteiger charge is -2.12. The Morgan fingerprint density at radius 3 is 2.15 bits per heavy atom. The number of benzene rings is 2. The van der Waals surface area contributed by atoms with Gasteiger partial charge in [-0.1, -0.05) is 42.1 Å². The van der Waals surface area contributed by atoms with Crippen molar-refractivity contribution in [2.24, 2.45) is 0 Å². The van der Waals surface area contributed by atoms with Crippen LogP contribution in [0.25, 0.3) is 11.5 Å². The van der Waals surface area contributed by atoms with Crippen LogP contribution in [0.4, 0.5) is 0 Å². The Bertz CT molecular complexity index is 842. The minimum atomic E-state index is 0.199. The Hall–Kier alpha value is -2.67. The van der Waals surface area contributed by atoms with E-state index in [0.29, 0.717) is 33.9 Å². The molecule has 1 heterocycles. The van der Waals surface area contributed by atoms with Gasteiger partial charge >= 0.3 is 0 Å². The maximum Gasteiger partial charge on any atom is 0.277 e. The number of aromatic nitrogens is 2. The van der Waals surface area contributed by atoms with Gasteiger partial charge in [-0.3, -0.25) is 0 Å². The number of ether oxygens (including phenoxy) is 3. The van der Waals surface area contributed by atoms with Gasteiger partial charge in [-0.05, 0) is 24.6 Å². The summed E-state index contributed by atoms with van der Waals surface area (Å²) in [6.45, 7) is 2.10. The van der Waals surface area contributed by atoms with E-state index in [4.69, 9.17) is 18.6 Å². The van der Waals surface area contributed by atoms with Crippen LogP contribution in [0.5, 0.6) is 17.2 Å². The quantitative estimate of drug-likeness (QED) is 0.561. The fraction of sp³-hybridized carbons (Fsp3) is 0.263. The van der Waals surface area contributed by atoms with Crippen molar-refractivity contribution in [3.63, 3.8) is 0 Å². The third-order valence-electron chi connectivity index (χ3n) is 3.86. The van der Waals surface area contributed by atoms with Crippen molar-refractivity contribution in [3.8, 4) is 28.7 Å². The average molecular weight is 372 g/mol. The zero-order chi connectivity index (χ0) is 18.5. The molecule has 3 aromatic rings. The van der Waals surface area contributed by atoms with Crippen LogP contribution in [-0.2, 0) is 0 Å². The molecule has 3 rings (SSSR count). The molecule has 2 aromatic carbocycles. The molecule has 0 N–H and O–H groups in total. The van der Waals surface area contributed by atoms with E-state index in [1.54, 1.807) is 33.5 Å². The van der Waals surface area contributed by atoms with Crippen molar-refractivity contribution in [1.29, 1.82) is 0 Å². The summed E-state index contributed by atoms with van der Waals surface area (Å²) in [6, 6.07) is 13.7. The molecule has 0 aliphatic heterocycles. The fourth-order valence-corrected chi connectivity index (χ4v) is 3.33. The molecule has 0 spiro atoms. The minimum Gasteiger partial charge on any atom is -0.493 e. The number of methoxy groups -OCH3 is 3. The Labute approximate surface area is 156 Å². The van der Waals surface area contributed by atoms with Crippen molar-refractivity contribution >= 4 is 11.8 Å². The van der Waals surface area contributed by atoms with Gasteiger partial charge in [0.1, 0.15) is 0 Å². The number of hydrogen-bond donors (Lipinski definition) is 0. The summed E-state index contributed by atoms with van der Waals surface area (Å²) < 4.78 is 21.9. The second kappa shape index (κ2) is 8.14. The number of nitrogens with zero attached hydrogens (tertiary/aromatic N) is 2. The zero-order valence-corrected chi connectivity index (χ0v) is 15.9. The van der Waals surface area contributed by atoms with Crippen molar-refractivity contribution < 1.29 is 18.6 Å². The molecular formula is C19H20N2O4S. The SMILES string of the molecule is COc1cc(-c2nnc(S[C@@H](C)c3ccccc3)o2)cc(OC)c1OC. The molecule has 0 fully saturated rings. The minimum absolute atomic E-state index is 0.199. The van der Waals surface area contributed by atoms with Crippen LogP contribution in [0, 0.1) is 0 Å². The molecule has 1 atom stereocenters. The lowest BCUT2D eigenvalue weighted by atomic mass is 10.2. The second-order valence-corrected chi connectivity index (χ2v) is 6.75. The Morgan fingerprint density at radius 1 is 0.923 bits per heavy atom. The molecule has 0 saturated carbocycles. The molecule has 26 heavy (non-hydrogen) atoms. The molecule has 0 amide bonds. The molecule has 0 radical (unpaired) electrons. The predicted molar refractivity (Wildman–Crippen MR) is 100 cm³/mol. The summed E-state index contributed by atoms with van der Waals surface area (Å²) in [6.07, 6.45) is 0. The van der Waals surface area contributed by atoms with Crippen molar-refractivity contribution in [2.45, 2.75) is 17.4 Å². The van der Waals surface area contributed by atoms with Gasteiger partial charge in [-0.25, -0.2) is 0 Å². The third kappa shape index (κ3) is 3.77. The molecular weight excluding hydrogens is 352 g/mol. The molecule has 0 aliphatic carbocycles. The highest BCUT2D eigenvalue weighted by Gasteiger charge is 2.18. The number of rotatable bonds is 7. The van der Waals surface area contributed by atoms with E-state index in [2.05, 4.69) is 29.3 Å². The van der Waals surface area contributed by atoms with Crippen LogP contribution in [0.2, 0.25) is 0 Å². The van der Waals surface area contributed by atoms with E-state index < -0.39 is 0 Å². The first-order valence-electron chi connectivity index (χ1n) is 8.01. The average Bonchev–Trinajstić information content (AvgIpc) is 3.15. The maximum absolute atomic E-state index is 5.82. The van der Waals surface area contributed by atoms with Gasteiger partial charge in [0.15, 0.2) is 11.5 Å². The van der Waals surface area contributed by atoms with E-state index >= 15 is 0 Å². The van der Waals surface area contributed by atoms with Crippen LogP contribution < -0.4 is 14.2 Å².